The molecule has 1 nitrogen and oxygen atoms in total. The van der Waals surface area contributed by atoms with Gasteiger partial charge < -0.3 is 5.73 Å². The van der Waals surface area contributed by atoms with Crippen molar-refractivity contribution in [1.82, 2.24) is 0 Å². The lowest BCUT2D eigenvalue weighted by atomic mass is 10.1. The van der Waals surface area contributed by atoms with Crippen LogP contribution >= 0.6 is 11.3 Å². The largest absolute Gasteiger partial charge is 0.326 e. The number of hydrogen-bond acceptors (Lipinski definition) is 2. The summed E-state index contributed by atoms with van der Waals surface area (Å²) in [4.78, 5) is 1.28. The summed E-state index contributed by atoms with van der Waals surface area (Å²) >= 11 is 1.75. The second-order valence-electron chi connectivity index (χ2n) is 2.71. The van der Waals surface area contributed by atoms with Crippen molar-refractivity contribution in [3.8, 4) is 0 Å². The van der Waals surface area contributed by atoms with Gasteiger partial charge in [-0.15, -0.1) is 11.3 Å². The topological polar surface area (TPSA) is 26.0 Å². The second kappa shape index (κ2) is 3.17. The molecule has 1 aromatic heterocycles. The summed E-state index contributed by atoms with van der Waals surface area (Å²) in [6, 6.07) is 2.19. The Hall–Kier alpha value is -0.340. The van der Waals surface area contributed by atoms with Crippen molar-refractivity contribution in [2.75, 3.05) is 0 Å². The van der Waals surface area contributed by atoms with Gasteiger partial charge in [-0.25, -0.2) is 0 Å². The van der Waals surface area contributed by atoms with Crippen molar-refractivity contribution >= 4 is 11.3 Å². The Morgan fingerprint density at radius 3 is 2.60 bits per heavy atom. The lowest BCUT2D eigenvalue weighted by Gasteiger charge is -1.97. The van der Waals surface area contributed by atoms with E-state index in [1.807, 2.05) is 0 Å². The van der Waals surface area contributed by atoms with Crippen LogP contribution in [0.15, 0.2) is 11.4 Å². The van der Waals surface area contributed by atoms with Gasteiger partial charge in [0, 0.05) is 11.4 Å². The smallest absolute Gasteiger partial charge is 0.0273 e. The van der Waals surface area contributed by atoms with E-state index in [0.717, 1.165) is 0 Å². The quantitative estimate of drug-likeness (QED) is 0.697. The number of rotatable bonds is 2. The molecule has 1 aromatic rings. The maximum absolute atomic E-state index is 5.47. The fourth-order valence-electron chi connectivity index (χ4n) is 0.807. The molecule has 1 rings (SSSR count). The van der Waals surface area contributed by atoms with E-state index in [4.69, 9.17) is 5.73 Å². The first kappa shape index (κ1) is 7.76. The van der Waals surface area contributed by atoms with Crippen LogP contribution in [0.3, 0.4) is 0 Å². The first-order chi connectivity index (χ1) is 4.74. The first-order valence-corrected chi connectivity index (χ1v) is 4.39. The summed E-state index contributed by atoms with van der Waals surface area (Å²) in [6.07, 6.45) is 0. The molecule has 2 heteroatoms. The molecule has 0 spiro atoms. The Kier molecular flexibility index (Phi) is 2.46. The Morgan fingerprint density at radius 2 is 2.30 bits per heavy atom. The van der Waals surface area contributed by atoms with Gasteiger partial charge in [-0.05, 0) is 22.9 Å². The van der Waals surface area contributed by atoms with Crippen LogP contribution in [-0.4, -0.2) is 0 Å². The maximum atomic E-state index is 5.47. The summed E-state index contributed by atoms with van der Waals surface area (Å²) in [7, 11) is 0. The monoisotopic (exact) mass is 155 g/mol. The van der Waals surface area contributed by atoms with Gasteiger partial charge in [-0.3, -0.25) is 0 Å². The van der Waals surface area contributed by atoms with Crippen LogP contribution in [0.1, 0.15) is 30.2 Å². The van der Waals surface area contributed by atoms with Crippen molar-refractivity contribution in [3.63, 3.8) is 0 Å². The minimum atomic E-state index is 0.636. The summed E-state index contributed by atoms with van der Waals surface area (Å²) in [5.41, 5.74) is 6.88. The third-order valence-electron chi connectivity index (χ3n) is 1.54. The highest BCUT2D eigenvalue weighted by Gasteiger charge is 2.00. The molecular weight excluding hydrogens is 142 g/mol. The molecule has 0 aliphatic carbocycles. The second-order valence-corrected chi connectivity index (χ2v) is 3.70. The SMILES string of the molecule is CC(C)c1csc(CN)c1. The van der Waals surface area contributed by atoms with E-state index in [1.165, 1.54) is 10.4 Å². The van der Waals surface area contributed by atoms with Crippen LogP contribution in [-0.2, 0) is 6.54 Å². The molecule has 0 atom stereocenters. The van der Waals surface area contributed by atoms with E-state index >= 15 is 0 Å². The number of nitrogens with two attached hydrogens (primary N) is 1. The fraction of sp³-hybridized carbons (Fsp3) is 0.500. The van der Waals surface area contributed by atoms with Crippen LogP contribution in [0, 0.1) is 0 Å². The predicted octanol–water partition coefficient (Wildman–Crippen LogP) is 2.33. The van der Waals surface area contributed by atoms with E-state index in [9.17, 15) is 0 Å². The van der Waals surface area contributed by atoms with E-state index < -0.39 is 0 Å². The summed E-state index contributed by atoms with van der Waals surface area (Å²) < 4.78 is 0. The normalized spacial score (nSPS) is 10.8. The Morgan fingerprint density at radius 1 is 1.60 bits per heavy atom. The van der Waals surface area contributed by atoms with Gasteiger partial charge in [0.2, 0.25) is 0 Å². The molecule has 0 saturated heterocycles. The van der Waals surface area contributed by atoms with Crippen LogP contribution in [0.4, 0.5) is 0 Å². The van der Waals surface area contributed by atoms with E-state index in [1.54, 1.807) is 11.3 Å². The van der Waals surface area contributed by atoms with E-state index in [2.05, 4.69) is 25.3 Å². The van der Waals surface area contributed by atoms with Crippen molar-refractivity contribution in [1.29, 1.82) is 0 Å². The van der Waals surface area contributed by atoms with Crippen molar-refractivity contribution in [3.05, 3.63) is 21.9 Å². The molecule has 56 valence electrons. The number of hydrogen-bond donors (Lipinski definition) is 1. The lowest BCUT2D eigenvalue weighted by Crippen LogP contribution is -1.92. The van der Waals surface area contributed by atoms with E-state index in [-0.39, 0.29) is 0 Å². The Bertz CT molecular complexity index is 203. The summed E-state index contributed by atoms with van der Waals surface area (Å²) in [5, 5.41) is 2.19. The summed E-state index contributed by atoms with van der Waals surface area (Å²) in [6.45, 7) is 5.07. The summed E-state index contributed by atoms with van der Waals surface area (Å²) in [5.74, 6) is 0.636. The standard InChI is InChI=1S/C8H13NS/c1-6(2)7-3-8(4-9)10-5-7/h3,5-6H,4,9H2,1-2H3. The zero-order valence-corrected chi connectivity index (χ0v) is 7.24. The highest BCUT2D eigenvalue weighted by atomic mass is 32.1. The highest BCUT2D eigenvalue weighted by Crippen LogP contribution is 2.21. The van der Waals surface area contributed by atoms with Gasteiger partial charge in [0.1, 0.15) is 0 Å². The zero-order valence-electron chi connectivity index (χ0n) is 6.42. The molecule has 2 N–H and O–H groups in total. The molecule has 0 amide bonds. The van der Waals surface area contributed by atoms with Gasteiger partial charge in [-0.2, -0.15) is 0 Å². The van der Waals surface area contributed by atoms with Crippen molar-refractivity contribution in [2.24, 2.45) is 5.73 Å². The van der Waals surface area contributed by atoms with Gasteiger partial charge in [0.25, 0.3) is 0 Å². The Balaban J connectivity index is 2.78. The van der Waals surface area contributed by atoms with Gasteiger partial charge in [-0.1, -0.05) is 13.8 Å². The lowest BCUT2D eigenvalue weighted by molar-refractivity contribution is 0.870. The van der Waals surface area contributed by atoms with Gasteiger partial charge in [0.05, 0.1) is 0 Å². The van der Waals surface area contributed by atoms with Crippen LogP contribution in [0.5, 0.6) is 0 Å². The zero-order chi connectivity index (χ0) is 7.56. The van der Waals surface area contributed by atoms with E-state index in [0.29, 0.717) is 12.5 Å². The molecule has 0 aromatic carbocycles. The molecule has 0 aliphatic heterocycles. The predicted molar refractivity (Wildman–Crippen MR) is 46.3 cm³/mol. The van der Waals surface area contributed by atoms with Crippen LogP contribution < -0.4 is 5.73 Å². The van der Waals surface area contributed by atoms with Crippen molar-refractivity contribution in [2.45, 2.75) is 26.3 Å². The highest BCUT2D eigenvalue weighted by molar-refractivity contribution is 7.10. The van der Waals surface area contributed by atoms with Gasteiger partial charge >= 0.3 is 0 Å². The maximum Gasteiger partial charge on any atom is 0.0273 e. The molecular formula is C8H13NS. The van der Waals surface area contributed by atoms with Gasteiger partial charge in [0.15, 0.2) is 0 Å². The third kappa shape index (κ3) is 1.58. The van der Waals surface area contributed by atoms with Crippen LogP contribution in [0.25, 0.3) is 0 Å². The van der Waals surface area contributed by atoms with Crippen molar-refractivity contribution < 1.29 is 0 Å². The average Bonchev–Trinajstić information content (AvgIpc) is 2.34. The Labute approximate surface area is 65.9 Å². The molecule has 0 bridgehead atoms. The molecule has 0 radical (unpaired) electrons. The first-order valence-electron chi connectivity index (χ1n) is 3.51. The molecule has 0 fully saturated rings. The minimum absolute atomic E-state index is 0.636. The molecule has 10 heavy (non-hydrogen) atoms. The molecule has 0 aliphatic rings. The molecule has 0 unspecified atom stereocenters. The molecule has 1 heterocycles. The van der Waals surface area contributed by atoms with Crippen LogP contribution in [0.2, 0.25) is 0 Å². The molecule has 0 saturated carbocycles. The fourth-order valence-corrected chi connectivity index (χ4v) is 1.74. The number of thiophene rings is 1. The average molecular weight is 155 g/mol. The minimum Gasteiger partial charge on any atom is -0.326 e. The third-order valence-corrected chi connectivity index (χ3v) is 2.52.